The standard InChI is InChI=1S/C21H18N6O/c1-14-9-19-23-7-4-20(28)27(19)25-21(14)26-8-5-18-17(13-26)10-16(12-24-18)15-3-2-6-22-11-15/h2-4,6-7,9-12H,5,8,13H2,1H3. The van der Waals surface area contributed by atoms with E-state index in [0.717, 1.165) is 41.2 Å². The van der Waals surface area contributed by atoms with Crippen molar-refractivity contribution < 1.29 is 0 Å². The minimum Gasteiger partial charge on any atom is -0.350 e. The van der Waals surface area contributed by atoms with E-state index in [9.17, 15) is 4.79 Å². The van der Waals surface area contributed by atoms with Crippen LogP contribution in [0.2, 0.25) is 0 Å². The van der Waals surface area contributed by atoms with Gasteiger partial charge >= 0.3 is 0 Å². The first kappa shape index (κ1) is 16.6. The number of rotatable bonds is 2. The average Bonchev–Trinajstić information content (AvgIpc) is 2.73. The third-order valence-electron chi connectivity index (χ3n) is 5.08. The molecule has 0 atom stereocenters. The number of pyridine rings is 2. The lowest BCUT2D eigenvalue weighted by atomic mass is 10.0. The molecule has 5 heterocycles. The Labute approximate surface area is 161 Å². The van der Waals surface area contributed by atoms with E-state index in [2.05, 4.69) is 31.0 Å². The fraction of sp³-hybridized carbons (Fsp3) is 0.190. The van der Waals surface area contributed by atoms with Crippen molar-refractivity contribution in [3.8, 4) is 11.1 Å². The maximum atomic E-state index is 12.2. The van der Waals surface area contributed by atoms with Crippen molar-refractivity contribution in [1.29, 1.82) is 0 Å². The summed E-state index contributed by atoms with van der Waals surface area (Å²) in [5, 5.41) is 4.59. The van der Waals surface area contributed by atoms with Crippen LogP contribution in [0, 0.1) is 6.92 Å². The molecule has 0 radical (unpaired) electrons. The SMILES string of the molecule is Cc1cc2nccc(=O)n2nc1N1CCc2ncc(-c3cccnc3)cc2C1. The first-order valence-electron chi connectivity index (χ1n) is 9.18. The summed E-state index contributed by atoms with van der Waals surface area (Å²) in [4.78, 5) is 27.5. The van der Waals surface area contributed by atoms with E-state index in [1.807, 2.05) is 37.5 Å². The van der Waals surface area contributed by atoms with Crippen LogP contribution in [0.5, 0.6) is 0 Å². The lowest BCUT2D eigenvalue weighted by molar-refractivity contribution is 0.685. The fourth-order valence-corrected chi connectivity index (χ4v) is 3.66. The molecule has 0 unspecified atom stereocenters. The highest BCUT2D eigenvalue weighted by atomic mass is 16.1. The average molecular weight is 370 g/mol. The summed E-state index contributed by atoms with van der Waals surface area (Å²) < 4.78 is 1.36. The molecular formula is C21H18N6O. The lowest BCUT2D eigenvalue weighted by Crippen LogP contribution is -2.33. The van der Waals surface area contributed by atoms with Crippen molar-refractivity contribution in [3.63, 3.8) is 0 Å². The van der Waals surface area contributed by atoms with Crippen molar-refractivity contribution >= 4 is 11.5 Å². The summed E-state index contributed by atoms with van der Waals surface area (Å²) in [5.41, 5.74) is 5.77. The molecule has 4 aromatic heterocycles. The van der Waals surface area contributed by atoms with Gasteiger partial charge in [0.1, 0.15) is 0 Å². The molecule has 138 valence electrons. The van der Waals surface area contributed by atoms with Crippen LogP contribution in [0.4, 0.5) is 5.82 Å². The van der Waals surface area contributed by atoms with Crippen LogP contribution in [0.25, 0.3) is 16.8 Å². The number of aryl methyl sites for hydroxylation is 1. The Kier molecular flexibility index (Phi) is 3.86. The number of aromatic nitrogens is 5. The predicted octanol–water partition coefficient (Wildman–Crippen LogP) is 2.42. The number of fused-ring (bicyclic) bond motifs is 2. The van der Waals surface area contributed by atoms with Gasteiger partial charge in [0, 0.05) is 67.2 Å². The van der Waals surface area contributed by atoms with E-state index in [1.54, 1.807) is 6.20 Å². The molecule has 0 saturated carbocycles. The summed E-state index contributed by atoms with van der Waals surface area (Å²) in [6, 6.07) is 9.47. The van der Waals surface area contributed by atoms with Crippen molar-refractivity contribution in [3.05, 3.63) is 82.3 Å². The molecule has 0 bridgehead atoms. The fourth-order valence-electron chi connectivity index (χ4n) is 3.66. The molecule has 0 amide bonds. The van der Waals surface area contributed by atoms with Crippen molar-refractivity contribution in [2.45, 2.75) is 19.9 Å². The van der Waals surface area contributed by atoms with Gasteiger partial charge in [-0.1, -0.05) is 6.07 Å². The summed E-state index contributed by atoms with van der Waals surface area (Å²) in [6.45, 7) is 3.51. The van der Waals surface area contributed by atoms with Gasteiger partial charge < -0.3 is 4.90 Å². The van der Waals surface area contributed by atoms with Gasteiger partial charge in [-0.05, 0) is 36.2 Å². The molecule has 0 aromatic carbocycles. The minimum atomic E-state index is -0.177. The van der Waals surface area contributed by atoms with Crippen LogP contribution in [0.3, 0.4) is 0 Å². The molecule has 7 heteroatoms. The van der Waals surface area contributed by atoms with Gasteiger partial charge in [-0.2, -0.15) is 4.52 Å². The van der Waals surface area contributed by atoms with Gasteiger partial charge in [0.05, 0.1) is 0 Å². The summed E-state index contributed by atoms with van der Waals surface area (Å²) in [7, 11) is 0. The molecule has 28 heavy (non-hydrogen) atoms. The summed E-state index contributed by atoms with van der Waals surface area (Å²) >= 11 is 0. The Bertz CT molecular complexity index is 1230. The second-order valence-corrected chi connectivity index (χ2v) is 6.95. The molecule has 1 aliphatic rings. The molecule has 5 rings (SSSR count). The minimum absolute atomic E-state index is 0.177. The highest BCUT2D eigenvalue weighted by Crippen LogP contribution is 2.27. The first-order chi connectivity index (χ1) is 13.7. The Balaban J connectivity index is 1.54. The molecule has 0 spiro atoms. The van der Waals surface area contributed by atoms with Crippen LogP contribution < -0.4 is 10.5 Å². The van der Waals surface area contributed by atoms with Gasteiger partial charge in [-0.3, -0.25) is 14.8 Å². The Morgan fingerprint density at radius 3 is 2.82 bits per heavy atom. The Hall–Kier alpha value is -3.61. The van der Waals surface area contributed by atoms with E-state index in [1.165, 1.54) is 22.3 Å². The monoisotopic (exact) mass is 370 g/mol. The topological polar surface area (TPSA) is 76.3 Å². The van der Waals surface area contributed by atoms with Crippen LogP contribution in [-0.4, -0.2) is 31.1 Å². The zero-order valence-electron chi connectivity index (χ0n) is 15.4. The number of anilines is 1. The number of hydrogen-bond donors (Lipinski definition) is 0. The molecule has 0 saturated heterocycles. The second-order valence-electron chi connectivity index (χ2n) is 6.95. The van der Waals surface area contributed by atoms with Gasteiger partial charge in [0.25, 0.3) is 5.56 Å². The van der Waals surface area contributed by atoms with E-state index in [4.69, 9.17) is 0 Å². The summed E-state index contributed by atoms with van der Waals surface area (Å²) in [5.74, 6) is 0.806. The van der Waals surface area contributed by atoms with Crippen LogP contribution in [0.1, 0.15) is 16.8 Å². The van der Waals surface area contributed by atoms with Gasteiger partial charge in [-0.25, -0.2) is 4.98 Å². The third-order valence-corrected chi connectivity index (χ3v) is 5.08. The van der Waals surface area contributed by atoms with Crippen molar-refractivity contribution in [2.24, 2.45) is 0 Å². The van der Waals surface area contributed by atoms with Gasteiger partial charge in [0.15, 0.2) is 11.5 Å². The lowest BCUT2D eigenvalue weighted by Gasteiger charge is -2.30. The first-order valence-corrected chi connectivity index (χ1v) is 9.18. The molecule has 0 aliphatic carbocycles. The summed E-state index contributed by atoms with van der Waals surface area (Å²) in [6.07, 6.45) is 7.88. The smallest absolute Gasteiger partial charge is 0.274 e. The van der Waals surface area contributed by atoms with Crippen molar-refractivity contribution in [2.75, 3.05) is 11.4 Å². The van der Waals surface area contributed by atoms with E-state index in [0.29, 0.717) is 12.2 Å². The Morgan fingerprint density at radius 1 is 1.04 bits per heavy atom. The molecular weight excluding hydrogens is 352 g/mol. The molecule has 1 aliphatic heterocycles. The zero-order chi connectivity index (χ0) is 19.1. The predicted molar refractivity (Wildman–Crippen MR) is 106 cm³/mol. The van der Waals surface area contributed by atoms with E-state index < -0.39 is 0 Å². The highest BCUT2D eigenvalue weighted by molar-refractivity contribution is 5.63. The molecule has 0 fully saturated rings. The highest BCUT2D eigenvalue weighted by Gasteiger charge is 2.21. The molecule has 0 N–H and O–H groups in total. The third kappa shape index (κ3) is 2.81. The maximum absolute atomic E-state index is 12.2. The van der Waals surface area contributed by atoms with Gasteiger partial charge in [-0.15, -0.1) is 5.10 Å². The number of nitrogens with zero attached hydrogens (tertiary/aromatic N) is 6. The quantitative estimate of drug-likeness (QED) is 0.539. The zero-order valence-corrected chi connectivity index (χ0v) is 15.4. The number of hydrogen-bond acceptors (Lipinski definition) is 6. The van der Waals surface area contributed by atoms with Crippen LogP contribution in [-0.2, 0) is 13.0 Å². The van der Waals surface area contributed by atoms with Gasteiger partial charge in [0.2, 0.25) is 0 Å². The van der Waals surface area contributed by atoms with Crippen LogP contribution >= 0.6 is 0 Å². The maximum Gasteiger partial charge on any atom is 0.274 e. The second kappa shape index (κ2) is 6.53. The van der Waals surface area contributed by atoms with Crippen molar-refractivity contribution in [1.82, 2.24) is 24.6 Å². The van der Waals surface area contributed by atoms with E-state index >= 15 is 0 Å². The Morgan fingerprint density at radius 2 is 1.96 bits per heavy atom. The largest absolute Gasteiger partial charge is 0.350 e. The normalized spacial score (nSPS) is 13.5. The van der Waals surface area contributed by atoms with Crippen LogP contribution in [0.15, 0.2) is 59.9 Å². The van der Waals surface area contributed by atoms with E-state index in [-0.39, 0.29) is 5.56 Å². The molecule has 7 nitrogen and oxygen atoms in total. The molecule has 4 aromatic rings.